The van der Waals surface area contributed by atoms with Gasteiger partial charge in [-0.3, -0.25) is 4.79 Å². The third-order valence-corrected chi connectivity index (χ3v) is 4.39. The van der Waals surface area contributed by atoms with E-state index < -0.39 is 0 Å². The standard InChI is InChI=1S/C15H22ClN3O3/c1-19(12-4-5-18-8-14(12)22-3)15(20)9-6-10(16)11(17)7-13(9)21-2/h6-7,12,14,18H,4-5,8,17H2,1-3H3/t12-,14+/m0/s1. The van der Waals surface area contributed by atoms with Gasteiger partial charge in [0.15, 0.2) is 0 Å². The fourth-order valence-electron chi connectivity index (χ4n) is 2.75. The fourth-order valence-corrected chi connectivity index (χ4v) is 2.91. The number of nitrogens with two attached hydrogens (primary N) is 1. The number of rotatable bonds is 4. The zero-order chi connectivity index (χ0) is 16.3. The van der Waals surface area contributed by atoms with Crippen LogP contribution in [0, 0.1) is 0 Å². The number of methoxy groups -OCH3 is 2. The van der Waals surface area contributed by atoms with Crippen LogP contribution in [0.2, 0.25) is 5.02 Å². The molecule has 1 fully saturated rings. The molecular formula is C15H22ClN3O3. The third kappa shape index (κ3) is 3.29. The van der Waals surface area contributed by atoms with Crippen LogP contribution < -0.4 is 15.8 Å². The molecule has 3 N–H and O–H groups in total. The Labute approximate surface area is 135 Å². The van der Waals surface area contributed by atoms with Crippen LogP contribution in [-0.2, 0) is 4.74 Å². The molecule has 1 heterocycles. The van der Waals surface area contributed by atoms with Gasteiger partial charge in [-0.25, -0.2) is 0 Å². The molecule has 2 rings (SSSR count). The minimum Gasteiger partial charge on any atom is -0.496 e. The Morgan fingerprint density at radius 1 is 1.45 bits per heavy atom. The topological polar surface area (TPSA) is 76.8 Å². The summed E-state index contributed by atoms with van der Waals surface area (Å²) in [6.07, 6.45) is 0.782. The van der Waals surface area contributed by atoms with Crippen LogP contribution in [0.1, 0.15) is 16.8 Å². The highest BCUT2D eigenvalue weighted by atomic mass is 35.5. The largest absolute Gasteiger partial charge is 0.496 e. The maximum absolute atomic E-state index is 12.8. The molecule has 0 bridgehead atoms. The van der Waals surface area contributed by atoms with Gasteiger partial charge in [0.05, 0.1) is 35.5 Å². The first-order chi connectivity index (χ1) is 10.5. The zero-order valence-corrected chi connectivity index (χ0v) is 13.8. The number of amides is 1. The highest BCUT2D eigenvalue weighted by Crippen LogP contribution is 2.30. The number of nitrogens with zero attached hydrogens (tertiary/aromatic N) is 1. The molecule has 0 unspecified atom stereocenters. The maximum Gasteiger partial charge on any atom is 0.257 e. The second kappa shape index (κ2) is 7.17. The van der Waals surface area contributed by atoms with E-state index in [2.05, 4.69) is 5.32 Å². The molecule has 1 aromatic rings. The van der Waals surface area contributed by atoms with Gasteiger partial charge >= 0.3 is 0 Å². The Kier molecular flexibility index (Phi) is 5.50. The van der Waals surface area contributed by atoms with Crippen LogP contribution >= 0.6 is 11.6 Å². The third-order valence-electron chi connectivity index (χ3n) is 4.06. The number of carbonyl (C=O) groups is 1. The molecule has 1 aliphatic heterocycles. The summed E-state index contributed by atoms with van der Waals surface area (Å²) < 4.78 is 10.7. The maximum atomic E-state index is 12.8. The summed E-state index contributed by atoms with van der Waals surface area (Å²) in [5, 5.41) is 3.60. The van der Waals surface area contributed by atoms with E-state index >= 15 is 0 Å². The van der Waals surface area contributed by atoms with Crippen LogP contribution in [0.15, 0.2) is 12.1 Å². The van der Waals surface area contributed by atoms with E-state index in [-0.39, 0.29) is 18.1 Å². The Hall–Kier alpha value is -1.50. The van der Waals surface area contributed by atoms with Gasteiger partial charge in [-0.15, -0.1) is 0 Å². The van der Waals surface area contributed by atoms with Crippen LogP contribution in [0.4, 0.5) is 5.69 Å². The lowest BCUT2D eigenvalue weighted by atomic mass is 10.0. The van der Waals surface area contributed by atoms with Crippen molar-refractivity contribution in [3.8, 4) is 5.75 Å². The van der Waals surface area contributed by atoms with Crippen LogP contribution in [0.5, 0.6) is 5.75 Å². The van der Waals surface area contributed by atoms with Crippen molar-refractivity contribution in [3.05, 3.63) is 22.7 Å². The highest BCUT2D eigenvalue weighted by molar-refractivity contribution is 6.33. The molecule has 0 aliphatic carbocycles. The normalized spacial score (nSPS) is 21.5. The molecule has 0 saturated carbocycles. The predicted octanol–water partition coefficient (Wildman–Crippen LogP) is 1.38. The van der Waals surface area contributed by atoms with Gasteiger partial charge < -0.3 is 25.4 Å². The SMILES string of the molecule is COc1cc(N)c(Cl)cc1C(=O)N(C)[C@H]1CCNC[C@H]1OC. The number of carbonyl (C=O) groups excluding carboxylic acids is 1. The molecule has 7 heteroatoms. The second-order valence-electron chi connectivity index (χ2n) is 5.32. The van der Waals surface area contributed by atoms with Crippen LogP contribution in [0.3, 0.4) is 0 Å². The van der Waals surface area contributed by atoms with Gasteiger partial charge in [-0.2, -0.15) is 0 Å². The van der Waals surface area contributed by atoms with E-state index in [1.54, 1.807) is 31.2 Å². The number of nitrogen functional groups attached to an aromatic ring is 1. The summed E-state index contributed by atoms with van der Waals surface area (Å²) in [7, 11) is 4.93. The molecule has 0 radical (unpaired) electrons. The molecule has 122 valence electrons. The van der Waals surface area contributed by atoms with Gasteiger partial charge in [-0.05, 0) is 19.0 Å². The van der Waals surface area contributed by atoms with Crippen LogP contribution in [0.25, 0.3) is 0 Å². The number of anilines is 1. The Bertz CT molecular complexity index is 553. The van der Waals surface area contributed by atoms with Gasteiger partial charge in [-0.1, -0.05) is 11.6 Å². The van der Waals surface area contributed by atoms with E-state index in [1.807, 2.05) is 0 Å². The Morgan fingerprint density at radius 2 is 2.18 bits per heavy atom. The lowest BCUT2D eigenvalue weighted by Gasteiger charge is -2.37. The number of hydrogen-bond donors (Lipinski definition) is 2. The van der Waals surface area contributed by atoms with Gasteiger partial charge in [0.1, 0.15) is 5.75 Å². The van der Waals surface area contributed by atoms with Crippen molar-refractivity contribution >= 4 is 23.2 Å². The van der Waals surface area contributed by atoms with E-state index in [1.165, 1.54) is 7.11 Å². The van der Waals surface area contributed by atoms with Crippen molar-refractivity contribution in [1.29, 1.82) is 0 Å². The molecule has 0 aromatic heterocycles. The van der Waals surface area contributed by atoms with Crippen molar-refractivity contribution in [2.75, 3.05) is 40.1 Å². The Morgan fingerprint density at radius 3 is 2.82 bits per heavy atom. The van der Waals surface area contributed by atoms with Crippen molar-refractivity contribution < 1.29 is 14.3 Å². The molecular weight excluding hydrogens is 306 g/mol. The summed E-state index contributed by atoms with van der Waals surface area (Å²) >= 11 is 6.05. The van der Waals surface area contributed by atoms with E-state index in [4.69, 9.17) is 26.8 Å². The number of likely N-dealkylation sites (N-methyl/N-ethyl adjacent to an activating group) is 1. The van der Waals surface area contributed by atoms with Crippen molar-refractivity contribution in [2.24, 2.45) is 0 Å². The average Bonchev–Trinajstić information content (AvgIpc) is 2.55. The lowest BCUT2D eigenvalue weighted by molar-refractivity contribution is 0.00836. The first kappa shape index (κ1) is 16.9. The second-order valence-corrected chi connectivity index (χ2v) is 5.73. The van der Waals surface area contributed by atoms with Crippen LogP contribution in [-0.4, -0.2) is 57.3 Å². The van der Waals surface area contributed by atoms with Gasteiger partial charge in [0.2, 0.25) is 0 Å². The fraction of sp³-hybridized carbons (Fsp3) is 0.533. The zero-order valence-electron chi connectivity index (χ0n) is 13.1. The smallest absolute Gasteiger partial charge is 0.257 e. The number of benzene rings is 1. The number of hydrogen-bond acceptors (Lipinski definition) is 5. The number of piperidine rings is 1. The number of halogens is 1. The monoisotopic (exact) mass is 327 g/mol. The highest BCUT2D eigenvalue weighted by Gasteiger charge is 2.32. The summed E-state index contributed by atoms with van der Waals surface area (Å²) in [6.45, 7) is 1.57. The first-order valence-electron chi connectivity index (χ1n) is 7.13. The first-order valence-corrected chi connectivity index (χ1v) is 7.51. The predicted molar refractivity (Wildman–Crippen MR) is 86.6 cm³/mol. The van der Waals surface area contributed by atoms with Gasteiger partial charge in [0.25, 0.3) is 5.91 Å². The van der Waals surface area contributed by atoms with E-state index in [0.29, 0.717) is 22.0 Å². The van der Waals surface area contributed by atoms with Crippen molar-refractivity contribution in [1.82, 2.24) is 10.2 Å². The summed E-state index contributed by atoms with van der Waals surface area (Å²) in [5.74, 6) is 0.259. The summed E-state index contributed by atoms with van der Waals surface area (Å²) in [6, 6.07) is 3.12. The molecule has 1 aliphatic rings. The minimum atomic E-state index is -0.160. The number of nitrogens with one attached hydrogen (secondary N) is 1. The van der Waals surface area contributed by atoms with Crippen molar-refractivity contribution in [3.63, 3.8) is 0 Å². The van der Waals surface area contributed by atoms with E-state index in [9.17, 15) is 4.79 Å². The molecule has 1 amide bonds. The van der Waals surface area contributed by atoms with Gasteiger partial charge in [0, 0.05) is 26.8 Å². The average molecular weight is 328 g/mol. The minimum absolute atomic E-state index is 0.000199. The molecule has 6 nitrogen and oxygen atoms in total. The quantitative estimate of drug-likeness (QED) is 0.817. The summed E-state index contributed by atoms with van der Waals surface area (Å²) in [5.41, 5.74) is 6.55. The Balaban J connectivity index is 2.28. The van der Waals surface area contributed by atoms with Crippen molar-refractivity contribution in [2.45, 2.75) is 18.6 Å². The molecule has 2 atom stereocenters. The number of ether oxygens (including phenoxy) is 2. The molecule has 1 aromatic carbocycles. The lowest BCUT2D eigenvalue weighted by Crippen LogP contribution is -2.54. The van der Waals surface area contributed by atoms with E-state index in [0.717, 1.165) is 19.5 Å². The molecule has 0 spiro atoms. The molecule has 22 heavy (non-hydrogen) atoms. The molecule has 1 saturated heterocycles. The summed E-state index contributed by atoms with van der Waals surface area (Å²) in [4.78, 5) is 14.5.